The van der Waals surface area contributed by atoms with Crippen molar-refractivity contribution in [1.82, 2.24) is 0 Å². The van der Waals surface area contributed by atoms with Gasteiger partial charge in [-0.2, -0.15) is 26.1 Å². The molecule has 0 N–H and O–H groups in total. The molecule has 0 unspecified atom stereocenters. The van der Waals surface area contributed by atoms with Gasteiger partial charge in [0.25, 0.3) is 0 Å². The first-order valence-electron chi connectivity index (χ1n) is 2.52. The molecule has 0 saturated heterocycles. The van der Waals surface area contributed by atoms with E-state index in [4.69, 9.17) is 0 Å². The molecule has 0 aliphatic carbocycles. The SMILES string of the molecule is CCCCCS.S. The molecule has 0 aliphatic heterocycles. The summed E-state index contributed by atoms with van der Waals surface area (Å²) in [5.74, 6) is 1.05. The van der Waals surface area contributed by atoms with Crippen LogP contribution in [0.1, 0.15) is 26.2 Å². The minimum Gasteiger partial charge on any atom is -0.197 e. The van der Waals surface area contributed by atoms with Crippen LogP contribution in [0.25, 0.3) is 0 Å². The highest BCUT2D eigenvalue weighted by Crippen LogP contribution is 1.93. The zero-order valence-corrected chi connectivity index (χ0v) is 6.67. The van der Waals surface area contributed by atoms with Crippen molar-refractivity contribution < 1.29 is 0 Å². The van der Waals surface area contributed by atoms with E-state index in [-0.39, 0.29) is 13.5 Å². The van der Waals surface area contributed by atoms with E-state index in [9.17, 15) is 0 Å². The van der Waals surface area contributed by atoms with Gasteiger partial charge in [-0.25, -0.2) is 0 Å². The molecule has 0 aromatic rings. The monoisotopic (exact) mass is 138 g/mol. The van der Waals surface area contributed by atoms with Gasteiger partial charge in [-0.15, -0.1) is 0 Å². The van der Waals surface area contributed by atoms with E-state index in [1.165, 1.54) is 19.3 Å². The minimum atomic E-state index is 0. The molecule has 0 heterocycles. The molecule has 0 aliphatic rings. The molecule has 0 aromatic carbocycles. The summed E-state index contributed by atoms with van der Waals surface area (Å²) in [5, 5.41) is 0. The van der Waals surface area contributed by atoms with Gasteiger partial charge in [-0.3, -0.25) is 0 Å². The molecule has 0 saturated carbocycles. The van der Waals surface area contributed by atoms with Gasteiger partial charge in [-0.1, -0.05) is 19.8 Å². The minimum absolute atomic E-state index is 0. The predicted molar refractivity (Wildman–Crippen MR) is 43.8 cm³/mol. The Morgan fingerprint density at radius 1 is 1.29 bits per heavy atom. The van der Waals surface area contributed by atoms with E-state index in [0.717, 1.165) is 5.75 Å². The smallest absolute Gasteiger partial charge is 0.00979 e. The summed E-state index contributed by atoms with van der Waals surface area (Å²) >= 11 is 4.05. The second-order valence-electron chi connectivity index (χ2n) is 1.43. The van der Waals surface area contributed by atoms with Gasteiger partial charge in [0.2, 0.25) is 0 Å². The first-order chi connectivity index (χ1) is 2.91. The van der Waals surface area contributed by atoms with Crippen molar-refractivity contribution in [2.24, 2.45) is 0 Å². The Labute approximate surface area is 58.5 Å². The van der Waals surface area contributed by atoms with Crippen molar-refractivity contribution in [3.8, 4) is 0 Å². The highest BCUT2D eigenvalue weighted by atomic mass is 32.1. The number of hydrogen-bond acceptors (Lipinski definition) is 1. The average molecular weight is 138 g/mol. The van der Waals surface area contributed by atoms with Gasteiger partial charge in [-0.05, 0) is 12.2 Å². The second kappa shape index (κ2) is 9.85. The topological polar surface area (TPSA) is 0 Å². The fourth-order valence-corrected chi connectivity index (χ4v) is 0.585. The highest BCUT2D eigenvalue weighted by Gasteiger charge is 1.75. The molecule has 7 heavy (non-hydrogen) atoms. The summed E-state index contributed by atoms with van der Waals surface area (Å²) in [7, 11) is 0. The van der Waals surface area contributed by atoms with E-state index < -0.39 is 0 Å². The molecule has 0 aromatic heterocycles. The van der Waals surface area contributed by atoms with Gasteiger partial charge >= 0.3 is 0 Å². The van der Waals surface area contributed by atoms with Crippen molar-refractivity contribution in [3.63, 3.8) is 0 Å². The largest absolute Gasteiger partial charge is 0.197 e. The number of unbranched alkanes of at least 4 members (excludes halogenated alkanes) is 2. The molecule has 0 atom stereocenters. The van der Waals surface area contributed by atoms with Crippen molar-refractivity contribution >= 4 is 26.1 Å². The van der Waals surface area contributed by atoms with Crippen molar-refractivity contribution in [2.45, 2.75) is 26.2 Å². The third-order valence-electron chi connectivity index (χ3n) is 0.762. The molecule has 0 bridgehead atoms. The van der Waals surface area contributed by atoms with Crippen LogP contribution in [0, 0.1) is 0 Å². The maximum atomic E-state index is 4.05. The molecule has 0 radical (unpaired) electrons. The third kappa shape index (κ3) is 10.8. The van der Waals surface area contributed by atoms with E-state index >= 15 is 0 Å². The summed E-state index contributed by atoms with van der Waals surface area (Å²) in [6.45, 7) is 2.20. The van der Waals surface area contributed by atoms with Crippen LogP contribution in [0.5, 0.6) is 0 Å². The second-order valence-corrected chi connectivity index (χ2v) is 1.88. The van der Waals surface area contributed by atoms with Crippen LogP contribution in [-0.2, 0) is 0 Å². The van der Waals surface area contributed by atoms with Gasteiger partial charge in [0.15, 0.2) is 0 Å². The van der Waals surface area contributed by atoms with E-state index in [2.05, 4.69) is 19.6 Å². The summed E-state index contributed by atoms with van der Waals surface area (Å²) in [4.78, 5) is 0. The number of hydrogen-bond donors (Lipinski definition) is 1. The number of thiol groups is 1. The van der Waals surface area contributed by atoms with Gasteiger partial charge in [0, 0.05) is 0 Å². The lowest BCUT2D eigenvalue weighted by Gasteiger charge is -1.85. The molecular formula is C5H14S2. The highest BCUT2D eigenvalue weighted by molar-refractivity contribution is 7.80. The standard InChI is InChI=1S/C5H12S.H2S/c1-2-3-4-5-6;/h6H,2-5H2,1H3;1H2. The van der Waals surface area contributed by atoms with Crippen LogP contribution in [0.3, 0.4) is 0 Å². The van der Waals surface area contributed by atoms with Gasteiger partial charge in [0.05, 0.1) is 0 Å². The molecule has 0 rings (SSSR count). The zero-order chi connectivity index (χ0) is 4.83. The molecule has 0 fully saturated rings. The Kier molecular flexibility index (Phi) is 15.0. The Morgan fingerprint density at radius 2 is 1.86 bits per heavy atom. The summed E-state index contributed by atoms with van der Waals surface area (Å²) in [6.07, 6.45) is 3.92. The zero-order valence-electron chi connectivity index (χ0n) is 4.78. The first kappa shape index (κ1) is 10.6. The molecule has 0 amide bonds. The Morgan fingerprint density at radius 3 is 2.00 bits per heavy atom. The lowest BCUT2D eigenvalue weighted by atomic mass is 10.3. The van der Waals surface area contributed by atoms with Crippen molar-refractivity contribution in [1.29, 1.82) is 0 Å². The van der Waals surface area contributed by atoms with Crippen molar-refractivity contribution in [3.05, 3.63) is 0 Å². The van der Waals surface area contributed by atoms with Crippen molar-refractivity contribution in [2.75, 3.05) is 5.75 Å². The summed E-state index contributed by atoms with van der Waals surface area (Å²) < 4.78 is 0. The fourth-order valence-electron chi connectivity index (χ4n) is 0.362. The van der Waals surface area contributed by atoms with Crippen LogP contribution in [-0.4, -0.2) is 5.75 Å². The molecule has 0 spiro atoms. The predicted octanol–water partition coefficient (Wildman–Crippen LogP) is 2.22. The van der Waals surface area contributed by atoms with Crippen LogP contribution in [0.15, 0.2) is 0 Å². The Hall–Kier alpha value is 0.700. The van der Waals surface area contributed by atoms with Crippen LogP contribution in [0.4, 0.5) is 0 Å². The van der Waals surface area contributed by atoms with E-state index in [1.807, 2.05) is 0 Å². The average Bonchev–Trinajstić information content (AvgIpc) is 1.61. The molecule has 2 heteroatoms. The van der Waals surface area contributed by atoms with Gasteiger partial charge < -0.3 is 0 Å². The summed E-state index contributed by atoms with van der Waals surface area (Å²) in [6, 6.07) is 0. The summed E-state index contributed by atoms with van der Waals surface area (Å²) in [5.41, 5.74) is 0. The van der Waals surface area contributed by atoms with Crippen LogP contribution >= 0.6 is 26.1 Å². The molecular weight excluding hydrogens is 124 g/mol. The third-order valence-corrected chi connectivity index (χ3v) is 1.08. The van der Waals surface area contributed by atoms with Gasteiger partial charge in [0.1, 0.15) is 0 Å². The number of rotatable bonds is 3. The van der Waals surface area contributed by atoms with E-state index in [0.29, 0.717) is 0 Å². The maximum absolute atomic E-state index is 4.05. The quantitative estimate of drug-likeness (QED) is 0.449. The Bertz CT molecular complexity index is 18.0. The Balaban J connectivity index is 0. The molecule has 46 valence electrons. The molecule has 0 nitrogen and oxygen atoms in total. The van der Waals surface area contributed by atoms with Crippen LogP contribution in [0.2, 0.25) is 0 Å². The normalized spacial score (nSPS) is 7.71. The first-order valence-corrected chi connectivity index (χ1v) is 3.16. The van der Waals surface area contributed by atoms with E-state index in [1.54, 1.807) is 0 Å². The maximum Gasteiger partial charge on any atom is -0.00979 e. The lowest BCUT2D eigenvalue weighted by molar-refractivity contribution is 0.780. The lowest BCUT2D eigenvalue weighted by Crippen LogP contribution is -1.70. The van der Waals surface area contributed by atoms with Crippen LogP contribution < -0.4 is 0 Å². The fraction of sp³-hybridized carbons (Fsp3) is 1.00.